The molecule has 0 N–H and O–H groups in total. The molecule has 2 heterocycles. The summed E-state index contributed by atoms with van der Waals surface area (Å²) < 4.78 is 5.30. The Hall–Kier alpha value is -1.65. The summed E-state index contributed by atoms with van der Waals surface area (Å²) in [7, 11) is 1.66. The topological polar surface area (TPSA) is 63.7 Å². The Labute approximate surface area is 117 Å². The molecule has 1 saturated carbocycles. The molecule has 1 atom stereocenters. The number of esters is 1. The van der Waals surface area contributed by atoms with E-state index < -0.39 is 17.1 Å². The van der Waals surface area contributed by atoms with Gasteiger partial charge in [0.15, 0.2) is 0 Å². The van der Waals surface area contributed by atoms with Crippen molar-refractivity contribution in [1.29, 1.82) is 0 Å². The summed E-state index contributed by atoms with van der Waals surface area (Å²) in [5, 5.41) is 0. The number of nitrogens with zero attached hydrogens (tertiary/aromatic N) is 1. The zero-order valence-corrected chi connectivity index (χ0v) is 12.1. The van der Waals surface area contributed by atoms with E-state index in [9.17, 15) is 14.4 Å². The number of carbonyl (C=O) groups is 3. The van der Waals surface area contributed by atoms with Gasteiger partial charge in [-0.3, -0.25) is 9.59 Å². The number of Topliss-reactive ketones (excluding diaryl/α,β-unsaturated/α-hetero) is 1. The molecule has 108 valence electrons. The summed E-state index contributed by atoms with van der Waals surface area (Å²) in [5.74, 6) is -1.17. The van der Waals surface area contributed by atoms with E-state index in [1.165, 1.54) is 4.90 Å². The smallest absolute Gasteiger partial charge is 0.335 e. The third-order valence-corrected chi connectivity index (χ3v) is 5.31. The van der Waals surface area contributed by atoms with Crippen LogP contribution in [0.1, 0.15) is 46.0 Å². The predicted octanol–water partition coefficient (Wildman–Crippen LogP) is 1.36. The first-order valence-electron chi connectivity index (χ1n) is 7.12. The number of carbonyl (C=O) groups excluding carboxylic acids is 3. The maximum atomic E-state index is 13.1. The molecule has 1 unspecified atom stereocenters. The lowest BCUT2D eigenvalue weighted by molar-refractivity contribution is -0.161. The van der Waals surface area contributed by atoms with Gasteiger partial charge in [-0.05, 0) is 32.3 Å². The van der Waals surface area contributed by atoms with Crippen LogP contribution in [0.3, 0.4) is 0 Å². The zero-order chi connectivity index (χ0) is 14.7. The Morgan fingerprint density at radius 2 is 1.65 bits per heavy atom. The number of rotatable bonds is 0. The first-order chi connectivity index (χ1) is 9.38. The molecule has 3 aliphatic rings. The van der Waals surface area contributed by atoms with Crippen molar-refractivity contribution in [3.63, 3.8) is 0 Å². The first kappa shape index (κ1) is 13.3. The van der Waals surface area contributed by atoms with E-state index in [1.807, 2.05) is 0 Å². The van der Waals surface area contributed by atoms with Gasteiger partial charge in [0, 0.05) is 12.6 Å². The van der Waals surface area contributed by atoms with E-state index in [4.69, 9.17) is 4.74 Å². The largest absolute Gasteiger partial charge is 0.433 e. The molecule has 0 bridgehead atoms. The Morgan fingerprint density at radius 3 is 2.15 bits per heavy atom. The third kappa shape index (κ3) is 1.26. The first-order valence-corrected chi connectivity index (χ1v) is 7.12. The molecule has 0 aromatic carbocycles. The summed E-state index contributed by atoms with van der Waals surface area (Å²) >= 11 is 0. The van der Waals surface area contributed by atoms with Crippen LogP contribution in [0.15, 0.2) is 11.1 Å². The fourth-order valence-electron chi connectivity index (χ4n) is 3.84. The summed E-state index contributed by atoms with van der Waals surface area (Å²) in [4.78, 5) is 39.1. The van der Waals surface area contributed by atoms with Crippen molar-refractivity contribution in [1.82, 2.24) is 4.90 Å². The maximum absolute atomic E-state index is 13.1. The van der Waals surface area contributed by atoms with Gasteiger partial charge in [0.2, 0.25) is 5.78 Å². The van der Waals surface area contributed by atoms with Gasteiger partial charge in [0.1, 0.15) is 5.54 Å². The van der Waals surface area contributed by atoms with Gasteiger partial charge in [0.05, 0.1) is 0 Å². The van der Waals surface area contributed by atoms with Gasteiger partial charge in [-0.25, -0.2) is 4.79 Å². The molecule has 5 heteroatoms. The lowest BCUT2D eigenvalue weighted by Crippen LogP contribution is -2.50. The van der Waals surface area contributed by atoms with Crippen molar-refractivity contribution in [2.24, 2.45) is 0 Å². The van der Waals surface area contributed by atoms with E-state index in [0.29, 0.717) is 24.0 Å². The van der Waals surface area contributed by atoms with Crippen molar-refractivity contribution < 1.29 is 19.1 Å². The van der Waals surface area contributed by atoms with Crippen LogP contribution < -0.4 is 0 Å². The highest BCUT2D eigenvalue weighted by Gasteiger charge is 2.70. The van der Waals surface area contributed by atoms with Crippen molar-refractivity contribution in [2.45, 2.75) is 57.1 Å². The second-order valence-corrected chi connectivity index (χ2v) is 6.11. The highest BCUT2D eigenvalue weighted by molar-refractivity contribution is 6.25. The Balaban J connectivity index is 2.14. The number of ketones is 1. The van der Waals surface area contributed by atoms with Crippen LogP contribution in [-0.4, -0.2) is 40.7 Å². The van der Waals surface area contributed by atoms with Crippen LogP contribution in [0.5, 0.6) is 0 Å². The third-order valence-electron chi connectivity index (χ3n) is 5.31. The van der Waals surface area contributed by atoms with Gasteiger partial charge >= 0.3 is 5.97 Å². The van der Waals surface area contributed by atoms with E-state index >= 15 is 0 Å². The van der Waals surface area contributed by atoms with Crippen molar-refractivity contribution in [3.05, 3.63) is 11.1 Å². The number of ether oxygens (including phenoxy) is 1. The Morgan fingerprint density at radius 1 is 1.05 bits per heavy atom. The maximum Gasteiger partial charge on any atom is 0.335 e. The summed E-state index contributed by atoms with van der Waals surface area (Å²) in [6.45, 7) is 3.27. The minimum atomic E-state index is -1.67. The second kappa shape index (κ2) is 3.93. The standard InChI is InChI=1S/C15H19NO4/c1-9-10(2)15(20-11(9)17)12(18)14(16(3)13(15)19)7-5-4-6-8-14/h4-8H2,1-3H3. The quantitative estimate of drug-likeness (QED) is 0.495. The lowest BCUT2D eigenvalue weighted by Gasteiger charge is -2.37. The van der Waals surface area contributed by atoms with Gasteiger partial charge < -0.3 is 9.64 Å². The van der Waals surface area contributed by atoms with Gasteiger partial charge in [-0.15, -0.1) is 0 Å². The van der Waals surface area contributed by atoms with Crippen LogP contribution >= 0.6 is 0 Å². The minimum Gasteiger partial charge on any atom is -0.433 e. The fourth-order valence-corrected chi connectivity index (χ4v) is 3.84. The predicted molar refractivity (Wildman–Crippen MR) is 70.8 cm³/mol. The fraction of sp³-hybridized carbons (Fsp3) is 0.667. The molecule has 3 rings (SSSR count). The average molecular weight is 277 g/mol. The van der Waals surface area contributed by atoms with Crippen molar-refractivity contribution >= 4 is 17.7 Å². The summed E-state index contributed by atoms with van der Waals surface area (Å²) in [6, 6.07) is 0. The molecule has 5 nitrogen and oxygen atoms in total. The molecule has 1 aliphatic carbocycles. The van der Waals surface area contributed by atoms with E-state index in [1.54, 1.807) is 20.9 Å². The normalized spacial score (nSPS) is 32.8. The SMILES string of the molecule is CC1=C(C)C2(OC1=O)C(=O)N(C)C1(CCCCC1)C2=O. The molecule has 1 saturated heterocycles. The van der Waals surface area contributed by atoms with Crippen LogP contribution in [0.4, 0.5) is 0 Å². The van der Waals surface area contributed by atoms with Crippen LogP contribution in [-0.2, 0) is 19.1 Å². The zero-order valence-electron chi connectivity index (χ0n) is 12.1. The monoisotopic (exact) mass is 277 g/mol. The van der Waals surface area contributed by atoms with Gasteiger partial charge in [0.25, 0.3) is 11.5 Å². The number of hydrogen-bond acceptors (Lipinski definition) is 4. The summed E-state index contributed by atoms with van der Waals surface area (Å²) in [6.07, 6.45) is 4.27. The van der Waals surface area contributed by atoms with Crippen molar-refractivity contribution in [3.8, 4) is 0 Å². The van der Waals surface area contributed by atoms with E-state index in [-0.39, 0.29) is 11.7 Å². The number of amides is 1. The molecule has 1 amide bonds. The van der Waals surface area contributed by atoms with Crippen molar-refractivity contribution in [2.75, 3.05) is 7.05 Å². The average Bonchev–Trinajstić information content (AvgIpc) is 2.77. The Bertz CT molecular complexity index is 556. The van der Waals surface area contributed by atoms with Crippen LogP contribution in [0.2, 0.25) is 0 Å². The molecule has 0 radical (unpaired) electrons. The molecule has 2 fully saturated rings. The van der Waals surface area contributed by atoms with Gasteiger partial charge in [-0.1, -0.05) is 19.3 Å². The molecular weight excluding hydrogens is 258 g/mol. The lowest BCUT2D eigenvalue weighted by atomic mass is 9.75. The summed E-state index contributed by atoms with van der Waals surface area (Å²) in [5.41, 5.74) is -1.60. The van der Waals surface area contributed by atoms with E-state index in [2.05, 4.69) is 0 Å². The molecule has 2 aliphatic heterocycles. The minimum absolute atomic E-state index is 0.236. The molecular formula is C15H19NO4. The molecule has 20 heavy (non-hydrogen) atoms. The highest BCUT2D eigenvalue weighted by atomic mass is 16.6. The van der Waals surface area contributed by atoms with Crippen LogP contribution in [0.25, 0.3) is 0 Å². The number of hydrogen-bond donors (Lipinski definition) is 0. The van der Waals surface area contributed by atoms with Crippen LogP contribution in [0, 0.1) is 0 Å². The van der Waals surface area contributed by atoms with E-state index in [0.717, 1.165) is 19.3 Å². The highest BCUT2D eigenvalue weighted by Crippen LogP contribution is 2.49. The Kier molecular flexibility index (Phi) is 2.62. The molecule has 0 aromatic heterocycles. The number of likely N-dealkylation sites (tertiary alicyclic amines) is 1. The molecule has 0 aromatic rings. The molecule has 2 spiro atoms. The van der Waals surface area contributed by atoms with Gasteiger partial charge in [-0.2, -0.15) is 0 Å². The number of likely N-dealkylation sites (N-methyl/N-ethyl adjacent to an activating group) is 1. The second-order valence-electron chi connectivity index (χ2n) is 6.11.